The lowest BCUT2D eigenvalue weighted by Gasteiger charge is -2.10. The van der Waals surface area contributed by atoms with Gasteiger partial charge >= 0.3 is 18.1 Å². The highest BCUT2D eigenvalue weighted by atomic mass is 19.4. The van der Waals surface area contributed by atoms with Crippen LogP contribution < -0.4 is 10.1 Å². The number of hydrogen-bond donors (Lipinski definition) is 3. The Labute approximate surface area is 172 Å². The summed E-state index contributed by atoms with van der Waals surface area (Å²) >= 11 is 0. The molecule has 0 bridgehead atoms. The Morgan fingerprint density at radius 1 is 1.00 bits per heavy atom. The van der Waals surface area contributed by atoms with Crippen molar-refractivity contribution in [3.8, 4) is 5.75 Å². The summed E-state index contributed by atoms with van der Waals surface area (Å²) in [6.07, 6.45) is -3.43. The number of benzene rings is 2. The van der Waals surface area contributed by atoms with Crippen LogP contribution in [0, 0.1) is 0 Å². The van der Waals surface area contributed by atoms with E-state index in [-0.39, 0.29) is 0 Å². The largest absolute Gasteiger partial charge is 0.493 e. The number of hydrogen-bond acceptors (Lipinski definition) is 4. The monoisotopic (exact) mass is 427 g/mol. The van der Waals surface area contributed by atoms with Gasteiger partial charge in [-0.05, 0) is 43.1 Å². The predicted octanol–water partition coefficient (Wildman–Crippen LogP) is 3.55. The van der Waals surface area contributed by atoms with E-state index in [0.717, 1.165) is 24.2 Å². The van der Waals surface area contributed by atoms with Gasteiger partial charge in [0.2, 0.25) is 0 Å². The van der Waals surface area contributed by atoms with Crippen LogP contribution in [0.2, 0.25) is 0 Å². The third-order valence-electron chi connectivity index (χ3n) is 3.88. The van der Waals surface area contributed by atoms with Gasteiger partial charge in [-0.2, -0.15) is 13.2 Å². The third-order valence-corrected chi connectivity index (χ3v) is 3.88. The Hall–Kier alpha value is -3.07. The minimum atomic E-state index is -5.08. The van der Waals surface area contributed by atoms with E-state index in [1.54, 1.807) is 6.92 Å². The second kappa shape index (κ2) is 12.5. The van der Waals surface area contributed by atoms with Crippen LogP contribution in [-0.4, -0.2) is 47.5 Å². The highest BCUT2D eigenvalue weighted by molar-refractivity contribution is 5.73. The number of ether oxygens (including phenoxy) is 1. The number of nitrogens with one attached hydrogen (secondary N) is 1. The van der Waals surface area contributed by atoms with E-state index in [0.29, 0.717) is 13.2 Å². The van der Waals surface area contributed by atoms with Crippen molar-refractivity contribution in [1.82, 2.24) is 5.32 Å². The maximum absolute atomic E-state index is 10.7. The maximum Gasteiger partial charge on any atom is 0.490 e. The second-order valence-electron chi connectivity index (χ2n) is 6.30. The van der Waals surface area contributed by atoms with Crippen LogP contribution in [0.3, 0.4) is 0 Å². The molecule has 30 heavy (non-hydrogen) atoms. The normalized spacial score (nSPS) is 11.7. The summed E-state index contributed by atoms with van der Waals surface area (Å²) < 4.78 is 37.5. The molecule has 0 aliphatic rings. The van der Waals surface area contributed by atoms with Gasteiger partial charge in [-0.25, -0.2) is 4.79 Å². The zero-order valence-electron chi connectivity index (χ0n) is 16.4. The standard InChI is InChI=1S/C19H23NO3.C2HF3O2/c1-15(19(21)22)20-12-10-17-8-5-9-18(14-17)23-13-11-16-6-3-2-4-7-16;3-2(4,5)1(6)7/h2-9,14-15,20H,10-13H2,1H3,(H,21,22);(H,6,7)/t15-;/m1./s1. The molecule has 0 aliphatic heterocycles. The van der Waals surface area contributed by atoms with E-state index in [4.69, 9.17) is 19.7 Å². The number of carboxylic acids is 2. The maximum atomic E-state index is 10.7. The highest BCUT2D eigenvalue weighted by Crippen LogP contribution is 2.14. The molecule has 0 aromatic heterocycles. The molecule has 2 aromatic carbocycles. The van der Waals surface area contributed by atoms with Gasteiger partial charge in [0.1, 0.15) is 11.8 Å². The summed E-state index contributed by atoms with van der Waals surface area (Å²) in [4.78, 5) is 19.6. The van der Waals surface area contributed by atoms with Gasteiger partial charge in [0.15, 0.2) is 0 Å². The lowest BCUT2D eigenvalue weighted by Crippen LogP contribution is -2.34. The summed E-state index contributed by atoms with van der Waals surface area (Å²) in [7, 11) is 0. The number of alkyl halides is 3. The first-order valence-corrected chi connectivity index (χ1v) is 9.11. The lowest BCUT2D eigenvalue weighted by molar-refractivity contribution is -0.192. The van der Waals surface area contributed by atoms with Crippen LogP contribution in [0.25, 0.3) is 0 Å². The molecular formula is C21H24F3NO5. The molecular weight excluding hydrogens is 403 g/mol. The first-order valence-electron chi connectivity index (χ1n) is 9.11. The third kappa shape index (κ3) is 10.5. The van der Waals surface area contributed by atoms with Crippen molar-refractivity contribution in [2.45, 2.75) is 32.0 Å². The first kappa shape index (κ1) is 25.0. The summed E-state index contributed by atoms with van der Waals surface area (Å²) in [5.74, 6) is -2.74. The van der Waals surface area contributed by atoms with Gasteiger partial charge in [0, 0.05) is 6.42 Å². The number of rotatable bonds is 9. The smallest absolute Gasteiger partial charge is 0.490 e. The van der Waals surface area contributed by atoms with Crippen molar-refractivity contribution in [1.29, 1.82) is 0 Å². The van der Waals surface area contributed by atoms with Crippen molar-refractivity contribution < 1.29 is 37.7 Å². The minimum Gasteiger partial charge on any atom is -0.493 e. The molecule has 0 saturated carbocycles. The molecule has 1 atom stereocenters. The molecule has 0 radical (unpaired) electrons. The van der Waals surface area contributed by atoms with Crippen molar-refractivity contribution >= 4 is 11.9 Å². The Morgan fingerprint density at radius 3 is 2.17 bits per heavy atom. The topological polar surface area (TPSA) is 95.9 Å². The summed E-state index contributed by atoms with van der Waals surface area (Å²) in [6, 6.07) is 17.7. The van der Waals surface area contributed by atoms with Gasteiger partial charge in [-0.15, -0.1) is 0 Å². The van der Waals surface area contributed by atoms with Crippen LogP contribution in [-0.2, 0) is 22.4 Å². The van der Waals surface area contributed by atoms with E-state index >= 15 is 0 Å². The summed E-state index contributed by atoms with van der Waals surface area (Å²) in [6.45, 7) is 2.91. The number of carboxylic acid groups (broad SMARTS) is 2. The van der Waals surface area contributed by atoms with Crippen molar-refractivity contribution in [3.05, 3.63) is 65.7 Å². The molecule has 2 aromatic rings. The molecule has 0 fully saturated rings. The Kier molecular flexibility index (Phi) is 10.4. The second-order valence-corrected chi connectivity index (χ2v) is 6.30. The molecule has 0 saturated heterocycles. The predicted molar refractivity (Wildman–Crippen MR) is 105 cm³/mol. The molecule has 0 aliphatic carbocycles. The van der Waals surface area contributed by atoms with Crippen molar-refractivity contribution in [3.63, 3.8) is 0 Å². The fourth-order valence-electron chi connectivity index (χ4n) is 2.24. The zero-order valence-corrected chi connectivity index (χ0v) is 16.4. The molecule has 0 spiro atoms. The van der Waals surface area contributed by atoms with Gasteiger partial charge in [-0.1, -0.05) is 42.5 Å². The van der Waals surface area contributed by atoms with E-state index in [9.17, 15) is 18.0 Å². The number of halogens is 3. The quantitative estimate of drug-likeness (QED) is 0.567. The molecule has 0 amide bonds. The van der Waals surface area contributed by atoms with Crippen LogP contribution in [0.4, 0.5) is 13.2 Å². The lowest BCUT2D eigenvalue weighted by atomic mass is 10.1. The minimum absolute atomic E-state index is 0.527. The van der Waals surface area contributed by atoms with E-state index in [1.165, 1.54) is 5.56 Å². The first-order chi connectivity index (χ1) is 14.1. The Bertz CT molecular complexity index is 797. The van der Waals surface area contributed by atoms with Crippen molar-refractivity contribution in [2.24, 2.45) is 0 Å². The van der Waals surface area contributed by atoms with Crippen LogP contribution in [0.1, 0.15) is 18.1 Å². The molecule has 164 valence electrons. The fourth-order valence-corrected chi connectivity index (χ4v) is 2.24. The SMILES string of the molecule is C[C@@H](NCCc1cccc(OCCc2ccccc2)c1)C(=O)O.O=C(O)C(F)(F)F. The zero-order chi connectivity index (χ0) is 22.6. The van der Waals surface area contributed by atoms with E-state index < -0.39 is 24.2 Å². The van der Waals surface area contributed by atoms with Crippen LogP contribution in [0.15, 0.2) is 54.6 Å². The van der Waals surface area contributed by atoms with Crippen molar-refractivity contribution in [2.75, 3.05) is 13.2 Å². The van der Waals surface area contributed by atoms with Crippen LogP contribution in [0.5, 0.6) is 5.75 Å². The Morgan fingerprint density at radius 2 is 1.60 bits per heavy atom. The number of carbonyl (C=O) groups is 2. The summed E-state index contributed by atoms with van der Waals surface area (Å²) in [5, 5.41) is 18.9. The molecule has 0 unspecified atom stereocenters. The molecule has 2 rings (SSSR count). The average Bonchev–Trinajstić information content (AvgIpc) is 2.69. The Balaban J connectivity index is 0.000000553. The average molecular weight is 427 g/mol. The van der Waals surface area contributed by atoms with Gasteiger partial charge in [-0.3, -0.25) is 4.79 Å². The van der Waals surface area contributed by atoms with Gasteiger partial charge < -0.3 is 20.3 Å². The summed E-state index contributed by atoms with van der Waals surface area (Å²) in [5.41, 5.74) is 2.39. The molecule has 3 N–H and O–H groups in total. The fraction of sp³-hybridized carbons (Fsp3) is 0.333. The van der Waals surface area contributed by atoms with E-state index in [2.05, 4.69) is 17.4 Å². The molecule has 6 nitrogen and oxygen atoms in total. The molecule has 0 heterocycles. The highest BCUT2D eigenvalue weighted by Gasteiger charge is 2.38. The molecule has 9 heteroatoms. The number of aliphatic carboxylic acids is 2. The van der Waals surface area contributed by atoms with Gasteiger partial charge in [0.05, 0.1) is 6.61 Å². The van der Waals surface area contributed by atoms with E-state index in [1.807, 2.05) is 42.5 Å². The van der Waals surface area contributed by atoms with Crippen LogP contribution >= 0.6 is 0 Å². The van der Waals surface area contributed by atoms with Gasteiger partial charge in [0.25, 0.3) is 0 Å².